The van der Waals surface area contributed by atoms with Crippen LogP contribution < -0.4 is 10.3 Å². The normalized spacial score (nSPS) is 13.1. The van der Waals surface area contributed by atoms with Gasteiger partial charge in [-0.2, -0.15) is 0 Å². The van der Waals surface area contributed by atoms with Gasteiger partial charge in [0.2, 0.25) is 10.0 Å². The second-order valence-electron chi connectivity index (χ2n) is 5.59. The van der Waals surface area contributed by atoms with Crippen molar-refractivity contribution < 1.29 is 8.42 Å². The quantitative estimate of drug-likeness (QED) is 0.744. The van der Waals surface area contributed by atoms with Crippen LogP contribution in [0.4, 0.5) is 0 Å². The molecule has 0 aliphatic carbocycles. The van der Waals surface area contributed by atoms with Crippen molar-refractivity contribution in [2.24, 2.45) is 5.14 Å². The van der Waals surface area contributed by atoms with E-state index in [0.717, 1.165) is 16.3 Å². The van der Waals surface area contributed by atoms with Crippen LogP contribution in [-0.2, 0) is 15.4 Å². The van der Waals surface area contributed by atoms with Gasteiger partial charge in [-0.3, -0.25) is 0 Å². The lowest BCUT2D eigenvalue weighted by Crippen LogP contribution is -2.27. The Hall–Kier alpha value is -0.653. The molecule has 0 spiro atoms. The maximum Gasteiger partial charge on any atom is 0.237 e. The number of hydrogen-bond donors (Lipinski definition) is 1. The monoisotopic (exact) mass is 271 g/mol. The second kappa shape index (κ2) is 4.22. The smallest absolute Gasteiger partial charge is 0.225 e. The highest BCUT2D eigenvalue weighted by Gasteiger charge is 2.23. The molecule has 17 heavy (non-hydrogen) atoms. The summed E-state index contributed by atoms with van der Waals surface area (Å²) in [6, 6.07) is 1.75. The minimum absolute atomic E-state index is 0.0798. The van der Waals surface area contributed by atoms with E-state index in [4.69, 9.17) is 5.14 Å². The lowest BCUT2D eigenvalue weighted by molar-refractivity contribution is 0.580. The van der Waals surface area contributed by atoms with Gasteiger partial charge in [0.25, 0.3) is 0 Å². The Morgan fingerprint density at radius 3 is 2.00 bits per heavy atom. The topological polar surface area (TPSA) is 60.2 Å². The molecule has 96 valence electrons. The molecule has 1 aromatic carbocycles. The van der Waals surface area contributed by atoms with Gasteiger partial charge in [-0.1, -0.05) is 20.8 Å². The highest BCUT2D eigenvalue weighted by molar-refractivity contribution is 7.89. The molecule has 0 atom stereocenters. The SMILES string of the molecule is Cc1c(C(C)(C)C)cc(S(N)(=O)=O)c([SiH3])c1C. The van der Waals surface area contributed by atoms with Gasteiger partial charge in [0.1, 0.15) is 0 Å². The Morgan fingerprint density at radius 2 is 1.65 bits per heavy atom. The van der Waals surface area contributed by atoms with Crippen molar-refractivity contribution in [1.29, 1.82) is 0 Å². The lowest BCUT2D eigenvalue weighted by atomic mass is 9.83. The number of sulfonamides is 1. The molecule has 1 aromatic rings. The predicted molar refractivity (Wildman–Crippen MR) is 75.6 cm³/mol. The molecule has 0 fully saturated rings. The van der Waals surface area contributed by atoms with Crippen molar-refractivity contribution in [1.82, 2.24) is 0 Å². The summed E-state index contributed by atoms with van der Waals surface area (Å²) in [7, 11) is -2.94. The molecule has 0 aliphatic rings. The second-order valence-corrected chi connectivity index (χ2v) is 8.12. The fourth-order valence-electron chi connectivity index (χ4n) is 2.09. The van der Waals surface area contributed by atoms with Gasteiger partial charge in [-0.05, 0) is 47.2 Å². The van der Waals surface area contributed by atoms with Gasteiger partial charge >= 0.3 is 0 Å². The van der Waals surface area contributed by atoms with E-state index in [0.29, 0.717) is 15.1 Å². The van der Waals surface area contributed by atoms with Crippen molar-refractivity contribution in [3.8, 4) is 0 Å². The Morgan fingerprint density at radius 1 is 1.18 bits per heavy atom. The molecule has 0 aliphatic heterocycles. The predicted octanol–water partition coefficient (Wildman–Crippen LogP) is 0.239. The van der Waals surface area contributed by atoms with E-state index in [1.54, 1.807) is 6.07 Å². The molecular weight excluding hydrogens is 250 g/mol. The maximum absolute atomic E-state index is 11.6. The zero-order chi connectivity index (χ0) is 13.6. The molecule has 2 N–H and O–H groups in total. The van der Waals surface area contributed by atoms with Crippen LogP contribution in [0, 0.1) is 13.8 Å². The van der Waals surface area contributed by atoms with Crippen LogP contribution in [-0.4, -0.2) is 18.7 Å². The number of rotatable bonds is 1. The van der Waals surface area contributed by atoms with E-state index in [-0.39, 0.29) is 5.41 Å². The molecule has 5 heteroatoms. The fourth-order valence-corrected chi connectivity index (χ4v) is 4.33. The minimum Gasteiger partial charge on any atom is -0.225 e. The minimum atomic E-state index is -3.62. The van der Waals surface area contributed by atoms with E-state index < -0.39 is 10.0 Å². The van der Waals surface area contributed by atoms with Crippen LogP contribution in [0.2, 0.25) is 0 Å². The summed E-state index contributed by atoms with van der Waals surface area (Å²) < 4.78 is 23.2. The van der Waals surface area contributed by atoms with Crippen LogP contribution in [0.1, 0.15) is 37.5 Å². The molecule has 0 amide bonds. The van der Waals surface area contributed by atoms with Crippen LogP contribution >= 0.6 is 0 Å². The van der Waals surface area contributed by atoms with Gasteiger partial charge in [-0.25, -0.2) is 13.6 Å². The van der Waals surface area contributed by atoms with Crippen LogP contribution in [0.25, 0.3) is 0 Å². The first-order valence-electron chi connectivity index (χ1n) is 5.60. The van der Waals surface area contributed by atoms with Crippen LogP contribution in [0.5, 0.6) is 0 Å². The summed E-state index contributed by atoms with van der Waals surface area (Å²) in [5.74, 6) is 0. The van der Waals surface area contributed by atoms with E-state index in [1.807, 2.05) is 13.8 Å². The number of hydrogen-bond acceptors (Lipinski definition) is 2. The molecule has 0 heterocycles. The van der Waals surface area contributed by atoms with E-state index in [1.165, 1.54) is 5.56 Å². The molecule has 0 bridgehead atoms. The third-order valence-corrected chi connectivity index (χ3v) is 5.98. The van der Waals surface area contributed by atoms with Crippen molar-refractivity contribution >= 4 is 25.5 Å². The number of benzene rings is 1. The van der Waals surface area contributed by atoms with Crippen molar-refractivity contribution in [2.75, 3.05) is 0 Å². The number of nitrogens with two attached hydrogens (primary N) is 1. The van der Waals surface area contributed by atoms with Gasteiger partial charge in [0.05, 0.1) is 4.90 Å². The largest absolute Gasteiger partial charge is 0.237 e. The fraction of sp³-hybridized carbons (Fsp3) is 0.500. The summed E-state index contributed by atoms with van der Waals surface area (Å²) >= 11 is 0. The summed E-state index contributed by atoms with van der Waals surface area (Å²) in [6.45, 7) is 10.3. The van der Waals surface area contributed by atoms with E-state index in [9.17, 15) is 8.42 Å². The summed E-state index contributed by atoms with van der Waals surface area (Å²) in [6.07, 6.45) is 0. The third-order valence-electron chi connectivity index (χ3n) is 3.29. The molecular formula is C12H21NO2SSi. The average Bonchev–Trinajstić information content (AvgIpc) is 2.10. The highest BCUT2D eigenvalue weighted by Crippen LogP contribution is 2.28. The van der Waals surface area contributed by atoms with E-state index >= 15 is 0 Å². The lowest BCUT2D eigenvalue weighted by Gasteiger charge is -2.25. The Balaban J connectivity index is 3.75. The van der Waals surface area contributed by atoms with Crippen molar-refractivity contribution in [3.63, 3.8) is 0 Å². The third kappa shape index (κ3) is 2.78. The average molecular weight is 271 g/mol. The molecule has 0 unspecified atom stereocenters. The van der Waals surface area contributed by atoms with Crippen LogP contribution in [0.3, 0.4) is 0 Å². The molecule has 0 radical (unpaired) electrons. The van der Waals surface area contributed by atoms with Gasteiger partial charge in [0, 0.05) is 10.2 Å². The Labute approximate surface area is 107 Å². The van der Waals surface area contributed by atoms with Gasteiger partial charge < -0.3 is 0 Å². The van der Waals surface area contributed by atoms with Gasteiger partial charge in [-0.15, -0.1) is 0 Å². The molecule has 0 saturated carbocycles. The standard InChI is InChI=1S/C12H21NO2SSi/c1-7-8(2)11(17)10(16(13,14)15)6-9(7)12(3,4)5/h6H,1-5,17H3,(H2,13,14,15). The summed E-state index contributed by atoms with van der Waals surface area (Å²) in [4.78, 5) is 0.303. The van der Waals surface area contributed by atoms with Gasteiger partial charge in [0.15, 0.2) is 0 Å². The molecule has 1 rings (SSSR count). The first-order chi connectivity index (χ1) is 7.46. The summed E-state index contributed by atoms with van der Waals surface area (Å²) in [5.41, 5.74) is 3.21. The first-order valence-corrected chi connectivity index (χ1v) is 8.15. The van der Waals surface area contributed by atoms with Crippen molar-refractivity contribution in [2.45, 2.75) is 44.9 Å². The zero-order valence-electron chi connectivity index (χ0n) is 11.4. The zero-order valence-corrected chi connectivity index (χ0v) is 14.2. The molecule has 3 nitrogen and oxygen atoms in total. The molecule has 0 aromatic heterocycles. The highest BCUT2D eigenvalue weighted by atomic mass is 32.2. The number of primary sulfonamides is 1. The molecule has 0 saturated heterocycles. The Bertz CT molecular complexity index is 557. The van der Waals surface area contributed by atoms with E-state index in [2.05, 4.69) is 20.8 Å². The summed E-state index contributed by atoms with van der Waals surface area (Å²) in [5, 5.41) is 6.17. The maximum atomic E-state index is 11.6. The first kappa shape index (κ1) is 14.4. The Kier molecular flexibility index (Phi) is 3.58. The van der Waals surface area contributed by atoms with Crippen molar-refractivity contribution in [3.05, 3.63) is 22.8 Å². The van der Waals surface area contributed by atoms with Crippen LogP contribution in [0.15, 0.2) is 11.0 Å².